The van der Waals surface area contributed by atoms with Gasteiger partial charge >= 0.3 is 0 Å². The van der Waals surface area contributed by atoms with Crippen molar-refractivity contribution in [3.63, 3.8) is 0 Å². The molecule has 0 radical (unpaired) electrons. The van der Waals surface area contributed by atoms with Crippen LogP contribution in [0, 0.1) is 0 Å². The Bertz CT molecular complexity index is 1040. The molecule has 0 saturated carbocycles. The molecular formula is C16H15N5O3S2. The van der Waals surface area contributed by atoms with Crippen molar-refractivity contribution in [3.8, 4) is 0 Å². The number of para-hydroxylation sites is 1. The van der Waals surface area contributed by atoms with E-state index < -0.39 is 10.0 Å². The number of imidazole rings is 1. The molecule has 0 saturated heterocycles. The number of nitrogens with zero attached hydrogens (tertiary/aromatic N) is 4. The van der Waals surface area contributed by atoms with Gasteiger partial charge in [0, 0.05) is 24.3 Å². The number of rotatable bonds is 5. The lowest BCUT2D eigenvalue weighted by molar-refractivity contribution is -0.116. The topological polar surface area (TPSA) is 97.2 Å². The Hall–Kier alpha value is -2.72. The zero-order chi connectivity index (χ0) is 18.1. The number of hydrogen-bond acceptors (Lipinski definition) is 6. The van der Waals surface area contributed by atoms with Crippen LogP contribution in [0.25, 0.3) is 0 Å². The third-order valence-corrected chi connectivity index (χ3v) is 6.40. The van der Waals surface area contributed by atoms with Gasteiger partial charge in [0.25, 0.3) is 10.0 Å². The van der Waals surface area contributed by atoms with E-state index in [1.807, 2.05) is 18.2 Å². The highest BCUT2D eigenvalue weighted by molar-refractivity contribution is 7.92. The van der Waals surface area contributed by atoms with Crippen molar-refractivity contribution in [3.05, 3.63) is 53.9 Å². The highest BCUT2D eigenvalue weighted by Crippen LogP contribution is 2.32. The molecule has 0 bridgehead atoms. The van der Waals surface area contributed by atoms with E-state index in [-0.39, 0.29) is 17.5 Å². The second-order valence-corrected chi connectivity index (χ2v) is 8.43. The van der Waals surface area contributed by atoms with Gasteiger partial charge in [-0.2, -0.15) is 8.42 Å². The van der Waals surface area contributed by atoms with Crippen LogP contribution in [0.4, 0.5) is 10.8 Å². The molecule has 1 aromatic carbocycles. The number of fused-ring (bicyclic) bond motifs is 1. The molecule has 0 atom stereocenters. The minimum absolute atomic E-state index is 0.0430. The number of nitrogens with one attached hydrogen (secondary N) is 1. The van der Waals surface area contributed by atoms with E-state index in [0.717, 1.165) is 5.56 Å². The molecule has 0 fully saturated rings. The van der Waals surface area contributed by atoms with Gasteiger partial charge in [-0.15, -0.1) is 11.3 Å². The maximum Gasteiger partial charge on any atom is 0.283 e. The third-order valence-electron chi connectivity index (χ3n) is 4.01. The Morgan fingerprint density at radius 3 is 2.92 bits per heavy atom. The van der Waals surface area contributed by atoms with Gasteiger partial charge in [0.2, 0.25) is 5.91 Å². The van der Waals surface area contributed by atoms with Gasteiger partial charge in [-0.25, -0.2) is 9.97 Å². The van der Waals surface area contributed by atoms with E-state index in [4.69, 9.17) is 0 Å². The molecular weight excluding hydrogens is 374 g/mol. The number of benzene rings is 1. The first-order valence-electron chi connectivity index (χ1n) is 7.86. The molecule has 4 rings (SSSR count). The van der Waals surface area contributed by atoms with Gasteiger partial charge in [0.1, 0.15) is 6.54 Å². The summed E-state index contributed by atoms with van der Waals surface area (Å²) >= 11 is 1.31. The van der Waals surface area contributed by atoms with Gasteiger partial charge in [-0.3, -0.25) is 9.10 Å². The van der Waals surface area contributed by atoms with Crippen LogP contribution < -0.4 is 9.62 Å². The first kappa shape index (κ1) is 16.7. The fourth-order valence-electron chi connectivity index (χ4n) is 2.84. The van der Waals surface area contributed by atoms with Crippen LogP contribution in [-0.2, 0) is 27.8 Å². The smallest absolute Gasteiger partial charge is 0.283 e. The number of carbonyl (C=O) groups is 1. The Kier molecular flexibility index (Phi) is 4.21. The summed E-state index contributed by atoms with van der Waals surface area (Å²) in [6.07, 6.45) is 4.98. The summed E-state index contributed by atoms with van der Waals surface area (Å²) in [5, 5.41) is 4.83. The Labute approximate surface area is 154 Å². The van der Waals surface area contributed by atoms with E-state index in [1.165, 1.54) is 32.7 Å². The van der Waals surface area contributed by atoms with Crippen molar-refractivity contribution < 1.29 is 13.2 Å². The number of amides is 1. The summed E-state index contributed by atoms with van der Waals surface area (Å²) in [5.41, 5.74) is 1.68. The molecule has 1 N–H and O–H groups in total. The standard InChI is InChI=1S/C16H15N5O3S2/c22-14(19-16-17-6-8-25-16)9-20-10-15(18-11-20)26(23,24)21-7-5-12-3-1-2-4-13(12)21/h1-4,6,8,10-11H,5,7,9H2,(H,17,19,22). The molecule has 2 aromatic heterocycles. The summed E-state index contributed by atoms with van der Waals surface area (Å²) in [6.45, 7) is 0.345. The van der Waals surface area contributed by atoms with Crippen LogP contribution in [0.2, 0.25) is 0 Å². The molecule has 3 aromatic rings. The highest BCUT2D eigenvalue weighted by Gasteiger charge is 2.32. The van der Waals surface area contributed by atoms with Crippen molar-refractivity contribution in [1.29, 1.82) is 0 Å². The van der Waals surface area contributed by atoms with Crippen molar-refractivity contribution in [2.75, 3.05) is 16.2 Å². The van der Waals surface area contributed by atoms with E-state index in [2.05, 4.69) is 15.3 Å². The molecule has 10 heteroatoms. The van der Waals surface area contributed by atoms with Crippen molar-refractivity contribution >= 4 is 38.1 Å². The molecule has 26 heavy (non-hydrogen) atoms. The van der Waals surface area contributed by atoms with E-state index in [0.29, 0.717) is 23.8 Å². The lowest BCUT2D eigenvalue weighted by Gasteiger charge is -2.17. The minimum Gasteiger partial charge on any atom is -0.327 e. The summed E-state index contributed by atoms with van der Waals surface area (Å²) in [6, 6.07) is 7.42. The van der Waals surface area contributed by atoms with Gasteiger partial charge < -0.3 is 9.88 Å². The predicted octanol–water partition coefficient (Wildman–Crippen LogP) is 1.73. The third kappa shape index (κ3) is 3.08. The van der Waals surface area contributed by atoms with Crippen molar-refractivity contribution in [2.45, 2.75) is 18.0 Å². The molecule has 134 valence electrons. The fourth-order valence-corrected chi connectivity index (χ4v) is 4.83. The first-order valence-corrected chi connectivity index (χ1v) is 10.2. The van der Waals surface area contributed by atoms with Crippen LogP contribution in [0.5, 0.6) is 0 Å². The zero-order valence-corrected chi connectivity index (χ0v) is 15.2. The summed E-state index contributed by atoms with van der Waals surface area (Å²) in [4.78, 5) is 20.0. The molecule has 8 nitrogen and oxygen atoms in total. The highest BCUT2D eigenvalue weighted by atomic mass is 32.2. The maximum atomic E-state index is 12.9. The lowest BCUT2D eigenvalue weighted by atomic mass is 10.2. The van der Waals surface area contributed by atoms with E-state index >= 15 is 0 Å². The second-order valence-electron chi connectivity index (χ2n) is 5.73. The van der Waals surface area contributed by atoms with Crippen LogP contribution >= 0.6 is 11.3 Å². The van der Waals surface area contributed by atoms with Crippen LogP contribution in [0.1, 0.15) is 5.56 Å². The average Bonchev–Trinajstić information content (AvgIpc) is 3.35. The first-order chi connectivity index (χ1) is 12.5. The van der Waals surface area contributed by atoms with Gasteiger partial charge in [0.15, 0.2) is 10.2 Å². The SMILES string of the molecule is O=C(Cn1cnc(S(=O)(=O)N2CCc3ccccc32)c1)Nc1nccs1. The van der Waals surface area contributed by atoms with Crippen LogP contribution in [0.3, 0.4) is 0 Å². The summed E-state index contributed by atoms with van der Waals surface area (Å²) in [5.74, 6) is -0.298. The number of carbonyl (C=O) groups excluding carboxylic acids is 1. The molecule has 0 aliphatic carbocycles. The normalized spacial score (nSPS) is 13.6. The Balaban J connectivity index is 1.51. The van der Waals surface area contributed by atoms with Crippen molar-refractivity contribution in [2.24, 2.45) is 0 Å². The summed E-state index contributed by atoms with van der Waals surface area (Å²) < 4.78 is 28.6. The molecule has 1 aliphatic heterocycles. The van der Waals surface area contributed by atoms with Crippen molar-refractivity contribution in [1.82, 2.24) is 14.5 Å². The second kappa shape index (κ2) is 6.54. The molecule has 1 amide bonds. The van der Waals surface area contributed by atoms with Crippen LogP contribution in [0.15, 0.2) is 53.4 Å². The maximum absolute atomic E-state index is 12.9. The largest absolute Gasteiger partial charge is 0.327 e. The fraction of sp³-hybridized carbons (Fsp3) is 0.188. The number of hydrogen-bond donors (Lipinski definition) is 1. The number of sulfonamides is 1. The van der Waals surface area contributed by atoms with E-state index in [9.17, 15) is 13.2 Å². The molecule has 3 heterocycles. The van der Waals surface area contributed by atoms with Gasteiger partial charge in [-0.1, -0.05) is 18.2 Å². The molecule has 0 unspecified atom stereocenters. The Morgan fingerprint density at radius 1 is 1.27 bits per heavy atom. The predicted molar refractivity (Wildman–Crippen MR) is 97.6 cm³/mol. The van der Waals surface area contributed by atoms with Crippen LogP contribution in [-0.4, -0.2) is 35.4 Å². The van der Waals surface area contributed by atoms with E-state index in [1.54, 1.807) is 17.6 Å². The molecule has 0 spiro atoms. The minimum atomic E-state index is -3.76. The summed E-state index contributed by atoms with van der Waals surface area (Å²) in [7, 11) is -3.76. The lowest BCUT2D eigenvalue weighted by Crippen LogP contribution is -2.29. The van der Waals surface area contributed by atoms with Gasteiger partial charge in [-0.05, 0) is 18.1 Å². The number of anilines is 2. The molecule has 1 aliphatic rings. The average molecular weight is 389 g/mol. The number of thiazole rings is 1. The monoisotopic (exact) mass is 389 g/mol. The van der Waals surface area contributed by atoms with Gasteiger partial charge in [0.05, 0.1) is 12.0 Å². The number of aromatic nitrogens is 3. The Morgan fingerprint density at radius 2 is 2.12 bits per heavy atom. The quantitative estimate of drug-likeness (QED) is 0.717. The zero-order valence-electron chi connectivity index (χ0n) is 13.6.